The van der Waals surface area contributed by atoms with Gasteiger partial charge in [0.05, 0.1) is 17.7 Å². The quantitative estimate of drug-likeness (QED) is 0.280. The summed E-state index contributed by atoms with van der Waals surface area (Å²) in [5.74, 6) is -0.151. The van der Waals surface area contributed by atoms with Gasteiger partial charge in [0.15, 0.2) is 0 Å². The number of nitrogens with zero attached hydrogens (tertiary/aromatic N) is 2. The first-order chi connectivity index (χ1) is 18.9. The molecule has 0 aliphatic carbocycles. The van der Waals surface area contributed by atoms with E-state index in [1.807, 2.05) is 38.1 Å². The van der Waals surface area contributed by atoms with Crippen molar-refractivity contribution in [1.29, 1.82) is 0 Å². The smallest absolute Gasteiger partial charge is 0.264 e. The molecule has 0 saturated carbocycles. The average Bonchev–Trinajstić information content (AvgIpc) is 2.93. The maximum Gasteiger partial charge on any atom is 0.264 e. The zero-order valence-corrected chi connectivity index (χ0v) is 26.0. The third-order valence-corrected chi connectivity index (χ3v) is 8.67. The molecule has 1 N–H and O–H groups in total. The molecule has 3 rings (SSSR count). The van der Waals surface area contributed by atoms with E-state index in [-0.39, 0.29) is 29.0 Å². The lowest BCUT2D eigenvalue weighted by atomic mass is 10.1. The highest BCUT2D eigenvalue weighted by molar-refractivity contribution is 9.10. The summed E-state index contributed by atoms with van der Waals surface area (Å²) in [4.78, 5) is 28.4. The minimum absolute atomic E-state index is 0.0164. The van der Waals surface area contributed by atoms with Gasteiger partial charge < -0.3 is 15.0 Å². The van der Waals surface area contributed by atoms with Gasteiger partial charge >= 0.3 is 0 Å². The molecule has 0 fully saturated rings. The van der Waals surface area contributed by atoms with Crippen molar-refractivity contribution in [3.63, 3.8) is 0 Å². The van der Waals surface area contributed by atoms with Gasteiger partial charge in [0.1, 0.15) is 18.3 Å². The molecule has 0 bridgehead atoms. The second-order valence-electron chi connectivity index (χ2n) is 9.63. The molecule has 0 spiro atoms. The molecular weight excluding hydrogens is 618 g/mol. The fourth-order valence-corrected chi connectivity index (χ4v) is 5.86. The van der Waals surface area contributed by atoms with Crippen LogP contribution in [-0.4, -0.2) is 51.4 Å². The highest BCUT2D eigenvalue weighted by atomic mass is 79.9. The van der Waals surface area contributed by atoms with Gasteiger partial charge in [-0.1, -0.05) is 53.5 Å². The van der Waals surface area contributed by atoms with Crippen LogP contribution in [0.1, 0.15) is 26.3 Å². The van der Waals surface area contributed by atoms with Crippen molar-refractivity contribution in [3.8, 4) is 5.75 Å². The number of benzene rings is 3. The van der Waals surface area contributed by atoms with E-state index in [1.54, 1.807) is 19.1 Å². The standard InChI is InChI=1S/C29H33BrClN3O5S/c1-20(2)17-32-29(36)21(3)33(18-22-6-5-7-23(30)16-22)28(35)19-34(25-10-8-24(31)9-11-25)40(37,38)27-14-12-26(39-4)13-15-27/h5-16,20-21H,17-19H2,1-4H3,(H,32,36). The Kier molecular flexibility index (Phi) is 11.0. The van der Waals surface area contributed by atoms with E-state index >= 15 is 0 Å². The lowest BCUT2D eigenvalue weighted by Crippen LogP contribution is -2.51. The van der Waals surface area contributed by atoms with Crippen molar-refractivity contribution >= 4 is 55.1 Å². The number of carbonyl (C=O) groups is 2. The number of nitrogens with one attached hydrogen (secondary N) is 1. The third-order valence-electron chi connectivity index (χ3n) is 6.13. The monoisotopic (exact) mass is 649 g/mol. The number of hydrogen-bond donors (Lipinski definition) is 1. The second-order valence-corrected chi connectivity index (χ2v) is 12.8. The Balaban J connectivity index is 2.01. The molecule has 1 atom stereocenters. The van der Waals surface area contributed by atoms with Crippen LogP contribution in [0.15, 0.2) is 82.2 Å². The summed E-state index contributed by atoms with van der Waals surface area (Å²) in [5.41, 5.74) is 1.04. The Morgan fingerprint density at radius 1 is 1.00 bits per heavy atom. The van der Waals surface area contributed by atoms with E-state index in [1.165, 1.54) is 48.4 Å². The Labute approximate surface area is 249 Å². The molecular formula is C29H33BrClN3O5S. The van der Waals surface area contributed by atoms with Crippen molar-refractivity contribution in [1.82, 2.24) is 10.2 Å². The van der Waals surface area contributed by atoms with Crippen LogP contribution in [0.3, 0.4) is 0 Å². The lowest BCUT2D eigenvalue weighted by molar-refractivity contribution is -0.139. The Morgan fingerprint density at radius 2 is 1.65 bits per heavy atom. The topological polar surface area (TPSA) is 96.0 Å². The number of hydrogen-bond acceptors (Lipinski definition) is 5. The molecule has 8 nitrogen and oxygen atoms in total. The summed E-state index contributed by atoms with van der Waals surface area (Å²) < 4.78 is 34.7. The summed E-state index contributed by atoms with van der Waals surface area (Å²) in [6, 6.07) is 18.6. The Bertz CT molecular complexity index is 1420. The molecule has 0 saturated heterocycles. The van der Waals surface area contributed by atoms with E-state index in [2.05, 4.69) is 21.2 Å². The summed E-state index contributed by atoms with van der Waals surface area (Å²) >= 11 is 9.51. The maximum atomic E-state index is 13.9. The molecule has 0 aromatic heterocycles. The van der Waals surface area contributed by atoms with Crippen molar-refractivity contribution < 1.29 is 22.7 Å². The van der Waals surface area contributed by atoms with Crippen LogP contribution in [0.4, 0.5) is 5.69 Å². The fourth-order valence-electron chi connectivity index (χ4n) is 3.88. The minimum atomic E-state index is -4.19. The van der Waals surface area contributed by atoms with Gasteiger partial charge in [0.25, 0.3) is 10.0 Å². The minimum Gasteiger partial charge on any atom is -0.497 e. The largest absolute Gasteiger partial charge is 0.497 e. The maximum absolute atomic E-state index is 13.9. The van der Waals surface area contributed by atoms with E-state index < -0.39 is 28.5 Å². The van der Waals surface area contributed by atoms with E-state index in [9.17, 15) is 18.0 Å². The SMILES string of the molecule is COc1ccc(S(=O)(=O)N(CC(=O)N(Cc2cccc(Br)c2)C(C)C(=O)NCC(C)C)c2ccc(Cl)cc2)cc1. The fraction of sp³-hybridized carbons (Fsp3) is 0.310. The zero-order valence-electron chi connectivity index (χ0n) is 22.8. The van der Waals surface area contributed by atoms with Crippen molar-refractivity contribution in [2.75, 3.05) is 24.5 Å². The van der Waals surface area contributed by atoms with Crippen molar-refractivity contribution in [3.05, 3.63) is 87.9 Å². The number of halogens is 2. The summed E-state index contributed by atoms with van der Waals surface area (Å²) in [6.45, 7) is 5.60. The van der Waals surface area contributed by atoms with Crippen LogP contribution in [0.25, 0.3) is 0 Å². The first-order valence-corrected chi connectivity index (χ1v) is 15.3. The number of amides is 2. The van der Waals surface area contributed by atoms with E-state index in [4.69, 9.17) is 16.3 Å². The first-order valence-electron chi connectivity index (χ1n) is 12.7. The molecule has 0 radical (unpaired) electrons. The molecule has 0 aliphatic rings. The number of ether oxygens (including phenoxy) is 1. The molecule has 0 aliphatic heterocycles. The predicted octanol–water partition coefficient (Wildman–Crippen LogP) is 5.50. The number of methoxy groups -OCH3 is 1. The highest BCUT2D eigenvalue weighted by Gasteiger charge is 2.32. The molecule has 3 aromatic carbocycles. The molecule has 0 heterocycles. The molecule has 11 heteroatoms. The number of rotatable bonds is 12. The number of carbonyl (C=O) groups excluding carboxylic acids is 2. The van der Waals surface area contributed by atoms with Crippen LogP contribution in [0.2, 0.25) is 5.02 Å². The van der Waals surface area contributed by atoms with Crippen LogP contribution in [0.5, 0.6) is 5.75 Å². The second kappa shape index (κ2) is 14.0. The van der Waals surface area contributed by atoms with Gasteiger partial charge in [-0.15, -0.1) is 0 Å². The van der Waals surface area contributed by atoms with Crippen LogP contribution in [-0.2, 0) is 26.2 Å². The number of sulfonamides is 1. The molecule has 2 amide bonds. The van der Waals surface area contributed by atoms with Gasteiger partial charge in [-0.3, -0.25) is 13.9 Å². The van der Waals surface area contributed by atoms with Crippen molar-refractivity contribution in [2.45, 2.75) is 38.3 Å². The molecule has 3 aromatic rings. The first kappa shape index (κ1) is 31.4. The van der Waals surface area contributed by atoms with Gasteiger partial charge in [0.2, 0.25) is 11.8 Å². The van der Waals surface area contributed by atoms with Gasteiger partial charge in [-0.2, -0.15) is 0 Å². The van der Waals surface area contributed by atoms with E-state index in [0.29, 0.717) is 17.3 Å². The van der Waals surface area contributed by atoms with E-state index in [0.717, 1.165) is 14.3 Å². The molecule has 214 valence electrons. The van der Waals surface area contributed by atoms with Crippen LogP contribution in [0, 0.1) is 5.92 Å². The van der Waals surface area contributed by atoms with Crippen molar-refractivity contribution in [2.24, 2.45) is 5.92 Å². The highest BCUT2D eigenvalue weighted by Crippen LogP contribution is 2.27. The zero-order chi connectivity index (χ0) is 29.4. The lowest BCUT2D eigenvalue weighted by Gasteiger charge is -2.32. The van der Waals surface area contributed by atoms with Crippen LogP contribution < -0.4 is 14.4 Å². The molecule has 40 heavy (non-hydrogen) atoms. The van der Waals surface area contributed by atoms with Gasteiger partial charge in [0, 0.05) is 22.6 Å². The third kappa shape index (κ3) is 8.22. The Hall–Kier alpha value is -3.08. The average molecular weight is 651 g/mol. The summed E-state index contributed by atoms with van der Waals surface area (Å²) in [7, 11) is -2.70. The summed E-state index contributed by atoms with van der Waals surface area (Å²) in [6.07, 6.45) is 0. The normalized spacial score (nSPS) is 12.1. The van der Waals surface area contributed by atoms with Gasteiger partial charge in [-0.25, -0.2) is 8.42 Å². The van der Waals surface area contributed by atoms with Crippen LogP contribution >= 0.6 is 27.5 Å². The summed E-state index contributed by atoms with van der Waals surface area (Å²) in [5, 5.41) is 3.29. The number of anilines is 1. The Morgan fingerprint density at radius 3 is 2.23 bits per heavy atom. The predicted molar refractivity (Wildman–Crippen MR) is 161 cm³/mol. The molecule has 1 unspecified atom stereocenters. The van der Waals surface area contributed by atoms with Gasteiger partial charge in [-0.05, 0) is 79.1 Å².